The first-order valence-electron chi connectivity index (χ1n) is 2.92. The monoisotopic (exact) mass is 142 g/mol. The van der Waals surface area contributed by atoms with Gasteiger partial charge in [0.25, 0.3) is 0 Å². The molecule has 0 amide bonds. The molecule has 9 heavy (non-hydrogen) atoms. The van der Waals surface area contributed by atoms with E-state index in [2.05, 4.69) is 5.92 Å². The first-order valence-corrected chi connectivity index (χ1v) is 3.30. The molecule has 0 saturated carbocycles. The number of hydrogen-bond acceptors (Lipinski definition) is 0. The van der Waals surface area contributed by atoms with Gasteiger partial charge in [0.05, 0.1) is 0 Å². The summed E-state index contributed by atoms with van der Waals surface area (Å²) >= 11 is 5.80. The van der Waals surface area contributed by atoms with Gasteiger partial charge in [0.15, 0.2) is 0 Å². The second-order valence-electron chi connectivity index (χ2n) is 2.27. The summed E-state index contributed by atoms with van der Waals surface area (Å²) in [6.45, 7) is 5.88. The third kappa shape index (κ3) is 2.58. The third-order valence-electron chi connectivity index (χ3n) is 1.08. The van der Waals surface area contributed by atoms with E-state index in [-0.39, 0.29) is 0 Å². The molecule has 0 unspecified atom stereocenters. The molecule has 0 nitrogen and oxygen atoms in total. The van der Waals surface area contributed by atoms with Crippen LogP contribution in [-0.4, -0.2) is 0 Å². The highest BCUT2D eigenvalue weighted by molar-refractivity contribution is 6.30. The predicted molar refractivity (Wildman–Crippen MR) is 42.2 cm³/mol. The summed E-state index contributed by atoms with van der Waals surface area (Å²) in [5.41, 5.74) is 0.840. The molecular formula is C8H11Cl. The molecule has 0 bridgehead atoms. The Bertz CT molecular complexity index is 158. The topological polar surface area (TPSA) is 0 Å². The minimum absolute atomic E-state index is 0.350. The van der Waals surface area contributed by atoms with E-state index in [4.69, 9.17) is 18.0 Å². The lowest BCUT2D eigenvalue weighted by Crippen LogP contribution is -1.88. The Morgan fingerprint density at radius 1 is 1.56 bits per heavy atom. The van der Waals surface area contributed by atoms with Crippen molar-refractivity contribution in [3.63, 3.8) is 0 Å². The van der Waals surface area contributed by atoms with E-state index in [0.717, 1.165) is 10.6 Å². The molecule has 0 aromatic rings. The Kier molecular flexibility index (Phi) is 3.42. The van der Waals surface area contributed by atoms with Crippen LogP contribution in [0, 0.1) is 18.3 Å². The summed E-state index contributed by atoms with van der Waals surface area (Å²) in [7, 11) is 0. The highest BCUT2D eigenvalue weighted by atomic mass is 35.5. The molecule has 0 saturated heterocycles. The quantitative estimate of drug-likeness (QED) is 0.494. The summed E-state index contributed by atoms with van der Waals surface area (Å²) in [4.78, 5) is 0. The van der Waals surface area contributed by atoms with E-state index in [1.165, 1.54) is 0 Å². The van der Waals surface area contributed by atoms with Crippen molar-refractivity contribution in [3.8, 4) is 12.3 Å². The smallest absolute Gasteiger partial charge is 0.0318 e. The van der Waals surface area contributed by atoms with E-state index >= 15 is 0 Å². The van der Waals surface area contributed by atoms with E-state index < -0.39 is 0 Å². The third-order valence-corrected chi connectivity index (χ3v) is 1.80. The van der Waals surface area contributed by atoms with Crippen LogP contribution in [-0.2, 0) is 0 Å². The normalized spacial score (nSPS) is 12.9. The van der Waals surface area contributed by atoms with Gasteiger partial charge in [-0.25, -0.2) is 0 Å². The zero-order valence-corrected chi connectivity index (χ0v) is 6.79. The van der Waals surface area contributed by atoms with Gasteiger partial charge in [0.1, 0.15) is 0 Å². The minimum Gasteiger partial charge on any atom is -0.115 e. The zero-order valence-electron chi connectivity index (χ0n) is 6.03. The number of rotatable bonds is 1. The van der Waals surface area contributed by atoms with E-state index in [1.807, 2.05) is 20.8 Å². The van der Waals surface area contributed by atoms with Crippen LogP contribution in [0.2, 0.25) is 0 Å². The molecule has 0 radical (unpaired) electrons. The van der Waals surface area contributed by atoms with Crippen molar-refractivity contribution in [1.29, 1.82) is 0 Å². The summed E-state index contributed by atoms with van der Waals surface area (Å²) < 4.78 is 0. The van der Waals surface area contributed by atoms with Crippen molar-refractivity contribution < 1.29 is 0 Å². The van der Waals surface area contributed by atoms with Gasteiger partial charge in [-0.05, 0) is 12.8 Å². The van der Waals surface area contributed by atoms with Crippen LogP contribution in [0.15, 0.2) is 10.6 Å². The van der Waals surface area contributed by atoms with E-state index in [1.54, 1.807) is 0 Å². The minimum atomic E-state index is 0.350. The lowest BCUT2D eigenvalue weighted by molar-refractivity contribution is 0.807. The van der Waals surface area contributed by atoms with Crippen LogP contribution < -0.4 is 0 Å². The van der Waals surface area contributed by atoms with Crippen molar-refractivity contribution in [2.75, 3.05) is 0 Å². The van der Waals surface area contributed by atoms with Crippen LogP contribution in [0.1, 0.15) is 20.8 Å². The Morgan fingerprint density at radius 2 is 2.00 bits per heavy atom. The van der Waals surface area contributed by atoms with Gasteiger partial charge in [0.2, 0.25) is 0 Å². The average molecular weight is 143 g/mol. The molecule has 0 aliphatic heterocycles. The maximum absolute atomic E-state index is 5.80. The fourth-order valence-corrected chi connectivity index (χ4v) is 0.557. The molecule has 0 aliphatic rings. The SMILES string of the molecule is C#C/C(C)=C(/Cl)C(C)C. The second kappa shape index (κ2) is 3.58. The Hall–Kier alpha value is -0.410. The summed E-state index contributed by atoms with van der Waals surface area (Å²) in [6.07, 6.45) is 5.12. The van der Waals surface area contributed by atoms with Gasteiger partial charge in [0, 0.05) is 10.6 Å². The van der Waals surface area contributed by atoms with Crippen molar-refractivity contribution in [2.24, 2.45) is 5.92 Å². The maximum Gasteiger partial charge on any atom is 0.0318 e. The molecule has 50 valence electrons. The second-order valence-corrected chi connectivity index (χ2v) is 2.68. The van der Waals surface area contributed by atoms with Gasteiger partial charge in [-0.1, -0.05) is 31.4 Å². The molecule has 0 aliphatic carbocycles. The van der Waals surface area contributed by atoms with Crippen molar-refractivity contribution in [1.82, 2.24) is 0 Å². The van der Waals surface area contributed by atoms with E-state index in [9.17, 15) is 0 Å². The number of allylic oxidation sites excluding steroid dienone is 2. The number of halogens is 1. The standard InChI is InChI=1S/C8H11Cl/c1-5-7(4)8(9)6(2)3/h1,6H,2-4H3/b8-7+. The molecule has 0 aromatic heterocycles. The summed E-state index contributed by atoms with van der Waals surface area (Å²) in [5, 5.41) is 0.789. The molecule has 0 fully saturated rings. The fraction of sp³-hybridized carbons (Fsp3) is 0.500. The molecule has 0 spiro atoms. The molecule has 0 rings (SSSR count). The lowest BCUT2D eigenvalue weighted by atomic mass is 10.1. The molecule has 0 aromatic carbocycles. The predicted octanol–water partition coefficient (Wildman–Crippen LogP) is 2.79. The number of hydrogen-bond donors (Lipinski definition) is 0. The molecule has 0 atom stereocenters. The summed E-state index contributed by atoms with van der Waals surface area (Å²) in [5.74, 6) is 2.84. The molecular weight excluding hydrogens is 132 g/mol. The molecule has 0 heterocycles. The zero-order chi connectivity index (χ0) is 7.44. The van der Waals surface area contributed by atoms with Crippen molar-refractivity contribution >= 4 is 11.6 Å². The lowest BCUT2D eigenvalue weighted by Gasteiger charge is -2.02. The molecule has 1 heteroatoms. The van der Waals surface area contributed by atoms with Crippen LogP contribution in [0.25, 0.3) is 0 Å². The van der Waals surface area contributed by atoms with E-state index in [0.29, 0.717) is 5.92 Å². The Labute approximate surface area is 61.9 Å². The highest BCUT2D eigenvalue weighted by Crippen LogP contribution is 2.17. The van der Waals surface area contributed by atoms with Crippen LogP contribution in [0.5, 0.6) is 0 Å². The highest BCUT2D eigenvalue weighted by Gasteiger charge is 2.00. The van der Waals surface area contributed by atoms with Gasteiger partial charge >= 0.3 is 0 Å². The maximum atomic E-state index is 5.80. The van der Waals surface area contributed by atoms with Gasteiger partial charge in [-0.2, -0.15) is 0 Å². The van der Waals surface area contributed by atoms with Crippen molar-refractivity contribution in [3.05, 3.63) is 10.6 Å². The Morgan fingerprint density at radius 3 is 2.11 bits per heavy atom. The average Bonchev–Trinajstić information content (AvgIpc) is 1.84. The van der Waals surface area contributed by atoms with Crippen LogP contribution >= 0.6 is 11.6 Å². The van der Waals surface area contributed by atoms with Crippen LogP contribution in [0.3, 0.4) is 0 Å². The first-order chi connectivity index (χ1) is 4.09. The largest absolute Gasteiger partial charge is 0.115 e. The van der Waals surface area contributed by atoms with Gasteiger partial charge in [-0.15, -0.1) is 6.42 Å². The first kappa shape index (κ1) is 8.59. The fourth-order valence-electron chi connectivity index (χ4n) is 0.502. The van der Waals surface area contributed by atoms with Gasteiger partial charge in [-0.3, -0.25) is 0 Å². The summed E-state index contributed by atoms with van der Waals surface area (Å²) in [6, 6.07) is 0. The number of terminal acetylenes is 1. The van der Waals surface area contributed by atoms with Gasteiger partial charge < -0.3 is 0 Å². The van der Waals surface area contributed by atoms with Crippen LogP contribution in [0.4, 0.5) is 0 Å². The van der Waals surface area contributed by atoms with Crippen molar-refractivity contribution in [2.45, 2.75) is 20.8 Å². The molecule has 0 N–H and O–H groups in total. The Balaban J connectivity index is 4.34.